The van der Waals surface area contributed by atoms with E-state index in [1.165, 1.54) is 0 Å². The number of hydrogen-bond acceptors (Lipinski definition) is 2. The van der Waals surface area contributed by atoms with Crippen molar-refractivity contribution in [1.29, 1.82) is 0 Å². The fraction of sp³-hybridized carbons (Fsp3) is 0.231. The molecule has 0 aliphatic carbocycles. The van der Waals surface area contributed by atoms with Gasteiger partial charge in [-0.1, -0.05) is 25.5 Å². The molecule has 3 N–H and O–H groups in total. The van der Waals surface area contributed by atoms with Crippen LogP contribution < -0.4 is 5.73 Å². The van der Waals surface area contributed by atoms with Crippen molar-refractivity contribution in [3.05, 3.63) is 41.7 Å². The molecule has 0 saturated carbocycles. The van der Waals surface area contributed by atoms with E-state index in [-0.39, 0.29) is 5.91 Å². The number of amides is 1. The summed E-state index contributed by atoms with van der Waals surface area (Å²) in [6, 6.07) is 5.55. The lowest BCUT2D eigenvalue weighted by Gasteiger charge is -2.10. The van der Waals surface area contributed by atoms with Gasteiger partial charge in [0.25, 0.3) is 0 Å². The first-order chi connectivity index (χ1) is 8.24. The van der Waals surface area contributed by atoms with Crippen molar-refractivity contribution in [1.82, 2.24) is 9.97 Å². The SMILES string of the molecule is CCCc1c(C(N)=O)cccc1-c1ncc[nH]1. The Hall–Kier alpha value is -2.10. The van der Waals surface area contributed by atoms with Crippen molar-refractivity contribution in [3.63, 3.8) is 0 Å². The monoisotopic (exact) mass is 229 g/mol. The number of imidazole rings is 1. The molecular weight excluding hydrogens is 214 g/mol. The molecule has 0 bridgehead atoms. The van der Waals surface area contributed by atoms with Crippen LogP contribution in [0.3, 0.4) is 0 Å². The Bertz CT molecular complexity index is 517. The van der Waals surface area contributed by atoms with E-state index >= 15 is 0 Å². The minimum Gasteiger partial charge on any atom is -0.366 e. The maximum absolute atomic E-state index is 11.4. The second kappa shape index (κ2) is 4.82. The zero-order valence-corrected chi connectivity index (χ0v) is 9.73. The standard InChI is InChI=1S/C13H15N3O/c1-2-4-9-10(12(14)17)5-3-6-11(9)13-15-7-8-16-13/h3,5-8H,2,4H2,1H3,(H2,14,17)(H,15,16). The molecule has 0 radical (unpaired) electrons. The lowest BCUT2D eigenvalue weighted by atomic mass is 9.96. The number of rotatable bonds is 4. The first-order valence-electron chi connectivity index (χ1n) is 5.65. The van der Waals surface area contributed by atoms with Crippen LogP contribution in [0.25, 0.3) is 11.4 Å². The Morgan fingerprint density at radius 2 is 2.29 bits per heavy atom. The van der Waals surface area contributed by atoms with Gasteiger partial charge in [-0.3, -0.25) is 4.79 Å². The summed E-state index contributed by atoms with van der Waals surface area (Å²) < 4.78 is 0. The molecule has 0 aliphatic rings. The number of carbonyl (C=O) groups is 1. The van der Waals surface area contributed by atoms with E-state index < -0.39 is 0 Å². The topological polar surface area (TPSA) is 71.8 Å². The van der Waals surface area contributed by atoms with Gasteiger partial charge >= 0.3 is 0 Å². The third kappa shape index (κ3) is 2.20. The molecule has 0 atom stereocenters. The highest BCUT2D eigenvalue weighted by atomic mass is 16.1. The predicted octanol–water partition coefficient (Wildman–Crippen LogP) is 2.13. The van der Waals surface area contributed by atoms with Crippen LogP contribution in [0, 0.1) is 0 Å². The molecule has 1 aromatic heterocycles. The summed E-state index contributed by atoms with van der Waals surface area (Å²) in [6.45, 7) is 2.07. The average molecular weight is 229 g/mol. The molecule has 17 heavy (non-hydrogen) atoms. The molecule has 0 unspecified atom stereocenters. The van der Waals surface area contributed by atoms with Crippen LogP contribution in [-0.2, 0) is 6.42 Å². The molecule has 4 nitrogen and oxygen atoms in total. The Labute approximate surface area is 99.9 Å². The summed E-state index contributed by atoms with van der Waals surface area (Å²) >= 11 is 0. The maximum Gasteiger partial charge on any atom is 0.249 e. The fourth-order valence-corrected chi connectivity index (χ4v) is 1.97. The number of primary amides is 1. The van der Waals surface area contributed by atoms with Crippen molar-refractivity contribution in [2.24, 2.45) is 5.73 Å². The second-order valence-electron chi connectivity index (χ2n) is 3.88. The smallest absolute Gasteiger partial charge is 0.249 e. The van der Waals surface area contributed by atoms with Crippen molar-refractivity contribution in [2.75, 3.05) is 0 Å². The molecule has 0 aliphatic heterocycles. The molecule has 1 aromatic carbocycles. The summed E-state index contributed by atoms with van der Waals surface area (Å²) in [5.41, 5.74) is 7.90. The number of aromatic nitrogens is 2. The Kier molecular flexibility index (Phi) is 3.23. The molecule has 1 amide bonds. The van der Waals surface area contributed by atoms with E-state index in [0.717, 1.165) is 29.8 Å². The van der Waals surface area contributed by atoms with Crippen LogP contribution in [-0.4, -0.2) is 15.9 Å². The highest BCUT2D eigenvalue weighted by molar-refractivity contribution is 5.96. The zero-order valence-electron chi connectivity index (χ0n) is 9.73. The van der Waals surface area contributed by atoms with E-state index in [9.17, 15) is 4.79 Å². The molecule has 1 heterocycles. The summed E-state index contributed by atoms with van der Waals surface area (Å²) in [7, 11) is 0. The highest BCUT2D eigenvalue weighted by Gasteiger charge is 2.13. The van der Waals surface area contributed by atoms with Crippen molar-refractivity contribution in [3.8, 4) is 11.4 Å². The van der Waals surface area contributed by atoms with E-state index in [0.29, 0.717) is 5.56 Å². The zero-order chi connectivity index (χ0) is 12.3. The predicted molar refractivity (Wildman–Crippen MR) is 66.5 cm³/mol. The molecule has 2 rings (SSSR count). The van der Waals surface area contributed by atoms with E-state index in [4.69, 9.17) is 5.73 Å². The van der Waals surface area contributed by atoms with Crippen molar-refractivity contribution in [2.45, 2.75) is 19.8 Å². The van der Waals surface area contributed by atoms with Crippen LogP contribution in [0.2, 0.25) is 0 Å². The minimum absolute atomic E-state index is 0.387. The lowest BCUT2D eigenvalue weighted by molar-refractivity contribution is 0.0999. The van der Waals surface area contributed by atoms with Gasteiger partial charge in [0.15, 0.2) is 0 Å². The van der Waals surface area contributed by atoms with E-state index in [1.807, 2.05) is 12.1 Å². The van der Waals surface area contributed by atoms with Gasteiger partial charge in [0.05, 0.1) is 0 Å². The Morgan fingerprint density at radius 1 is 1.47 bits per heavy atom. The van der Waals surface area contributed by atoms with Gasteiger partial charge in [-0.15, -0.1) is 0 Å². The summed E-state index contributed by atoms with van der Waals surface area (Å²) in [4.78, 5) is 18.7. The summed E-state index contributed by atoms with van der Waals surface area (Å²) in [5.74, 6) is 0.387. The van der Waals surface area contributed by atoms with Gasteiger partial charge < -0.3 is 10.7 Å². The quantitative estimate of drug-likeness (QED) is 0.843. The van der Waals surface area contributed by atoms with Gasteiger partial charge in [-0.2, -0.15) is 0 Å². The number of benzene rings is 1. The van der Waals surface area contributed by atoms with Crippen LogP contribution in [0.5, 0.6) is 0 Å². The van der Waals surface area contributed by atoms with Gasteiger partial charge in [0.2, 0.25) is 5.91 Å². The first-order valence-corrected chi connectivity index (χ1v) is 5.65. The number of aromatic amines is 1. The number of nitrogens with zero attached hydrogens (tertiary/aromatic N) is 1. The van der Waals surface area contributed by atoms with Crippen LogP contribution in [0.4, 0.5) is 0 Å². The molecule has 0 fully saturated rings. The second-order valence-corrected chi connectivity index (χ2v) is 3.88. The van der Waals surface area contributed by atoms with Crippen molar-refractivity contribution < 1.29 is 4.79 Å². The molecule has 4 heteroatoms. The van der Waals surface area contributed by atoms with Crippen LogP contribution >= 0.6 is 0 Å². The number of hydrogen-bond donors (Lipinski definition) is 2. The summed E-state index contributed by atoms with van der Waals surface area (Å²) in [6.07, 6.45) is 5.23. The van der Waals surface area contributed by atoms with Crippen LogP contribution in [0.1, 0.15) is 29.3 Å². The number of nitrogens with one attached hydrogen (secondary N) is 1. The lowest BCUT2D eigenvalue weighted by Crippen LogP contribution is -2.14. The number of H-pyrrole nitrogens is 1. The highest BCUT2D eigenvalue weighted by Crippen LogP contribution is 2.24. The Morgan fingerprint density at radius 3 is 2.88 bits per heavy atom. The number of nitrogens with two attached hydrogens (primary N) is 1. The molecule has 88 valence electrons. The normalized spacial score (nSPS) is 10.4. The maximum atomic E-state index is 11.4. The average Bonchev–Trinajstić information content (AvgIpc) is 2.83. The Balaban J connectivity index is 2.58. The first kappa shape index (κ1) is 11.4. The minimum atomic E-state index is -0.387. The summed E-state index contributed by atoms with van der Waals surface area (Å²) in [5, 5.41) is 0. The fourth-order valence-electron chi connectivity index (χ4n) is 1.97. The van der Waals surface area contributed by atoms with Crippen LogP contribution in [0.15, 0.2) is 30.6 Å². The third-order valence-corrected chi connectivity index (χ3v) is 2.69. The third-order valence-electron chi connectivity index (χ3n) is 2.69. The van der Waals surface area contributed by atoms with Gasteiger partial charge in [0, 0.05) is 23.5 Å². The molecule has 0 spiro atoms. The van der Waals surface area contributed by atoms with Gasteiger partial charge in [0.1, 0.15) is 5.82 Å². The van der Waals surface area contributed by atoms with E-state index in [1.54, 1.807) is 18.5 Å². The molecular formula is C13H15N3O. The number of carbonyl (C=O) groups excluding carboxylic acids is 1. The molecule has 2 aromatic rings. The van der Waals surface area contributed by atoms with E-state index in [2.05, 4.69) is 16.9 Å². The van der Waals surface area contributed by atoms with Gasteiger partial charge in [-0.05, 0) is 18.1 Å². The van der Waals surface area contributed by atoms with Crippen molar-refractivity contribution >= 4 is 5.91 Å². The molecule has 0 saturated heterocycles. The largest absolute Gasteiger partial charge is 0.366 e. The van der Waals surface area contributed by atoms with Gasteiger partial charge in [-0.25, -0.2) is 4.98 Å².